The van der Waals surface area contributed by atoms with Crippen LogP contribution in [0.25, 0.3) is 10.6 Å². The second-order valence-electron chi connectivity index (χ2n) is 5.62. The van der Waals surface area contributed by atoms with Gasteiger partial charge >= 0.3 is 0 Å². The van der Waals surface area contributed by atoms with Crippen LogP contribution in [0.15, 0.2) is 42.0 Å². The molecule has 2 N–H and O–H groups in total. The maximum Gasteiger partial charge on any atom is 0.220 e. The van der Waals surface area contributed by atoms with Crippen LogP contribution in [0.5, 0.6) is 0 Å². The number of nitrogens with one attached hydrogen (secondary N) is 2. The lowest BCUT2D eigenvalue weighted by molar-refractivity contribution is -0.121. The number of carbonyl (C=O) groups excluding carboxylic acids is 1. The fraction of sp³-hybridized carbons (Fsp3) is 0.278. The summed E-state index contributed by atoms with van der Waals surface area (Å²) in [5.74, 6) is 0.0551. The summed E-state index contributed by atoms with van der Waals surface area (Å²) in [6.45, 7) is 3.35. The maximum atomic E-state index is 11.8. The van der Waals surface area contributed by atoms with Gasteiger partial charge in [0, 0.05) is 42.2 Å². The van der Waals surface area contributed by atoms with Crippen LogP contribution in [0.4, 0.5) is 5.13 Å². The van der Waals surface area contributed by atoms with Crippen LogP contribution in [0.1, 0.15) is 23.3 Å². The van der Waals surface area contributed by atoms with Crippen molar-refractivity contribution in [2.75, 3.05) is 11.9 Å². The Hall–Kier alpha value is -2.25. The minimum absolute atomic E-state index is 0.0551. The molecule has 0 bridgehead atoms. The molecule has 0 atom stereocenters. The summed E-state index contributed by atoms with van der Waals surface area (Å²) in [6.07, 6.45) is 4.75. The van der Waals surface area contributed by atoms with E-state index in [0.29, 0.717) is 13.0 Å². The lowest BCUT2D eigenvalue weighted by atomic mass is 10.2. The summed E-state index contributed by atoms with van der Waals surface area (Å²) in [4.78, 5) is 23.0. The van der Waals surface area contributed by atoms with E-state index in [1.54, 1.807) is 35.1 Å². The Morgan fingerprint density at radius 3 is 2.96 bits per heavy atom. The molecule has 3 rings (SSSR count). The van der Waals surface area contributed by atoms with Crippen molar-refractivity contribution in [3.8, 4) is 10.6 Å². The Morgan fingerprint density at radius 1 is 1.28 bits per heavy atom. The number of hydrogen-bond acceptors (Lipinski definition) is 6. The zero-order valence-corrected chi connectivity index (χ0v) is 15.6. The second kappa shape index (κ2) is 8.73. The van der Waals surface area contributed by atoms with Crippen LogP contribution >= 0.6 is 22.7 Å². The van der Waals surface area contributed by atoms with Gasteiger partial charge in [-0.1, -0.05) is 6.07 Å². The molecule has 1 amide bonds. The molecule has 0 saturated heterocycles. The summed E-state index contributed by atoms with van der Waals surface area (Å²) in [6, 6.07) is 8.02. The lowest BCUT2D eigenvalue weighted by Crippen LogP contribution is -2.23. The highest BCUT2D eigenvalue weighted by Gasteiger charge is 2.07. The Balaban J connectivity index is 1.36. The first-order chi connectivity index (χ1) is 12.2. The van der Waals surface area contributed by atoms with Crippen molar-refractivity contribution >= 4 is 33.7 Å². The van der Waals surface area contributed by atoms with Crippen LogP contribution in [0, 0.1) is 6.92 Å². The van der Waals surface area contributed by atoms with Gasteiger partial charge in [-0.05, 0) is 37.1 Å². The minimum Gasteiger partial charge on any atom is -0.361 e. The van der Waals surface area contributed by atoms with Gasteiger partial charge in [0.2, 0.25) is 5.91 Å². The van der Waals surface area contributed by atoms with Crippen molar-refractivity contribution in [3.63, 3.8) is 0 Å². The highest BCUT2D eigenvalue weighted by Crippen LogP contribution is 2.30. The molecule has 5 nitrogen and oxygen atoms in total. The summed E-state index contributed by atoms with van der Waals surface area (Å²) >= 11 is 3.35. The van der Waals surface area contributed by atoms with E-state index in [4.69, 9.17) is 0 Å². The van der Waals surface area contributed by atoms with Gasteiger partial charge < -0.3 is 10.6 Å². The van der Waals surface area contributed by atoms with Crippen molar-refractivity contribution in [2.24, 2.45) is 0 Å². The number of rotatable bonds is 8. The summed E-state index contributed by atoms with van der Waals surface area (Å²) in [5, 5.41) is 9.16. The molecule has 3 aromatic rings. The third kappa shape index (κ3) is 5.37. The van der Waals surface area contributed by atoms with E-state index in [1.807, 2.05) is 12.1 Å². The average Bonchev–Trinajstić information content (AvgIpc) is 3.27. The zero-order chi connectivity index (χ0) is 17.5. The Morgan fingerprint density at radius 2 is 2.20 bits per heavy atom. The predicted molar refractivity (Wildman–Crippen MR) is 104 cm³/mol. The number of amides is 1. The normalized spacial score (nSPS) is 10.6. The largest absolute Gasteiger partial charge is 0.361 e. The first kappa shape index (κ1) is 17.6. The molecule has 0 aliphatic carbocycles. The first-order valence-electron chi connectivity index (χ1n) is 8.12. The third-order valence-electron chi connectivity index (χ3n) is 3.57. The molecule has 3 heterocycles. The SMILES string of the molecule is Cc1ccc(-c2csc(NCCCC(=O)NCc3cccnc3)n2)s1. The second-order valence-corrected chi connectivity index (χ2v) is 7.76. The van der Waals surface area contributed by atoms with E-state index in [0.717, 1.165) is 29.4 Å². The predicted octanol–water partition coefficient (Wildman–Crippen LogP) is 4.08. The van der Waals surface area contributed by atoms with Crippen LogP contribution in [-0.4, -0.2) is 22.4 Å². The molecule has 0 spiro atoms. The Labute approximate surface area is 155 Å². The van der Waals surface area contributed by atoms with E-state index in [2.05, 4.69) is 45.0 Å². The molecule has 25 heavy (non-hydrogen) atoms. The summed E-state index contributed by atoms with van der Waals surface area (Å²) in [5.41, 5.74) is 2.02. The molecule has 0 aromatic carbocycles. The molecule has 0 fully saturated rings. The van der Waals surface area contributed by atoms with Gasteiger partial charge in [-0.25, -0.2) is 4.98 Å². The molecule has 0 aliphatic heterocycles. The van der Waals surface area contributed by atoms with Crippen molar-refractivity contribution in [2.45, 2.75) is 26.3 Å². The quantitative estimate of drug-likeness (QED) is 0.585. The third-order valence-corrected chi connectivity index (χ3v) is 5.39. The van der Waals surface area contributed by atoms with E-state index in [9.17, 15) is 4.79 Å². The topological polar surface area (TPSA) is 66.9 Å². The van der Waals surface area contributed by atoms with E-state index < -0.39 is 0 Å². The fourth-order valence-electron chi connectivity index (χ4n) is 2.28. The van der Waals surface area contributed by atoms with Gasteiger partial charge in [0.1, 0.15) is 0 Å². The molecule has 0 radical (unpaired) electrons. The minimum atomic E-state index is 0.0551. The molecule has 0 aliphatic rings. The smallest absolute Gasteiger partial charge is 0.220 e. The lowest BCUT2D eigenvalue weighted by Gasteiger charge is -2.05. The van der Waals surface area contributed by atoms with Crippen LogP contribution in [0.2, 0.25) is 0 Å². The summed E-state index contributed by atoms with van der Waals surface area (Å²) < 4.78 is 0. The number of nitrogens with zero attached hydrogens (tertiary/aromatic N) is 2. The zero-order valence-electron chi connectivity index (χ0n) is 14.0. The van der Waals surface area contributed by atoms with Crippen LogP contribution in [0.3, 0.4) is 0 Å². The van der Waals surface area contributed by atoms with Gasteiger partial charge in [0.15, 0.2) is 5.13 Å². The molecule has 130 valence electrons. The number of aryl methyl sites for hydroxylation is 1. The fourth-order valence-corrected chi connectivity index (χ4v) is 3.92. The number of hydrogen-bond donors (Lipinski definition) is 2. The van der Waals surface area contributed by atoms with Gasteiger partial charge in [-0.15, -0.1) is 22.7 Å². The number of carbonyl (C=O) groups is 1. The highest BCUT2D eigenvalue weighted by atomic mass is 32.1. The Kier molecular flexibility index (Phi) is 6.14. The number of pyridine rings is 1. The number of aromatic nitrogens is 2. The molecular weight excluding hydrogens is 352 g/mol. The maximum absolute atomic E-state index is 11.8. The number of anilines is 1. The van der Waals surface area contributed by atoms with E-state index in [1.165, 1.54) is 9.75 Å². The van der Waals surface area contributed by atoms with Crippen molar-refractivity contribution in [3.05, 3.63) is 52.5 Å². The number of thiophene rings is 1. The molecule has 0 unspecified atom stereocenters. The van der Waals surface area contributed by atoms with E-state index >= 15 is 0 Å². The average molecular weight is 373 g/mol. The van der Waals surface area contributed by atoms with Crippen molar-refractivity contribution in [1.29, 1.82) is 0 Å². The van der Waals surface area contributed by atoms with Gasteiger partial charge in [0.25, 0.3) is 0 Å². The Bertz CT molecular complexity index is 813. The highest BCUT2D eigenvalue weighted by molar-refractivity contribution is 7.16. The molecule has 0 saturated carbocycles. The molecular formula is C18H20N4OS2. The molecule has 7 heteroatoms. The van der Waals surface area contributed by atoms with Gasteiger partial charge in [-0.3, -0.25) is 9.78 Å². The van der Waals surface area contributed by atoms with Crippen molar-refractivity contribution in [1.82, 2.24) is 15.3 Å². The van der Waals surface area contributed by atoms with Gasteiger partial charge in [-0.2, -0.15) is 0 Å². The molecule has 3 aromatic heterocycles. The van der Waals surface area contributed by atoms with Crippen LogP contribution in [-0.2, 0) is 11.3 Å². The van der Waals surface area contributed by atoms with Gasteiger partial charge in [0.05, 0.1) is 10.6 Å². The monoisotopic (exact) mass is 372 g/mol. The summed E-state index contributed by atoms with van der Waals surface area (Å²) in [7, 11) is 0. The van der Waals surface area contributed by atoms with Crippen LogP contribution < -0.4 is 10.6 Å². The number of thiazole rings is 1. The standard InChI is InChI=1S/C18H20N4OS2/c1-13-6-7-16(25-13)15-12-24-18(22-15)20-9-3-5-17(23)21-11-14-4-2-8-19-10-14/h2,4,6-8,10,12H,3,5,9,11H2,1H3,(H,20,22)(H,21,23). The van der Waals surface area contributed by atoms with Crippen molar-refractivity contribution < 1.29 is 4.79 Å². The van der Waals surface area contributed by atoms with E-state index in [-0.39, 0.29) is 5.91 Å². The first-order valence-corrected chi connectivity index (χ1v) is 9.82.